The van der Waals surface area contributed by atoms with Crippen molar-refractivity contribution in [1.82, 2.24) is 20.0 Å². The van der Waals surface area contributed by atoms with Crippen molar-refractivity contribution in [2.45, 2.75) is 18.5 Å². The average Bonchev–Trinajstić information content (AvgIpc) is 2.89. The molecule has 18 heavy (non-hydrogen) atoms. The van der Waals surface area contributed by atoms with Crippen molar-refractivity contribution in [3.05, 3.63) is 18.0 Å². The molecule has 0 bridgehead atoms. The molecule has 2 rings (SSSR count). The van der Waals surface area contributed by atoms with Crippen LogP contribution in [-0.2, 0) is 16.6 Å². The second-order valence-electron chi connectivity index (χ2n) is 4.53. The Morgan fingerprint density at radius 2 is 2.33 bits per heavy atom. The molecule has 0 radical (unpaired) electrons. The molecule has 0 aromatic carbocycles. The fourth-order valence-corrected chi connectivity index (χ4v) is 1.97. The summed E-state index contributed by atoms with van der Waals surface area (Å²) in [5, 5.41) is 6.63. The number of aromatic nitrogens is 2. The molecule has 1 fully saturated rings. The van der Waals surface area contributed by atoms with E-state index in [2.05, 4.69) is 10.4 Å². The Hall–Kier alpha value is -1.89. The van der Waals surface area contributed by atoms with Crippen molar-refractivity contribution >= 4 is 11.8 Å². The van der Waals surface area contributed by atoms with Gasteiger partial charge in [0.2, 0.25) is 11.8 Å². The maximum atomic E-state index is 11.9. The van der Waals surface area contributed by atoms with E-state index in [-0.39, 0.29) is 11.8 Å². The van der Waals surface area contributed by atoms with Crippen molar-refractivity contribution in [3.63, 3.8) is 0 Å². The number of nitrogens with two attached hydrogens (primary N) is 1. The molecule has 1 aliphatic heterocycles. The summed E-state index contributed by atoms with van der Waals surface area (Å²) in [6, 6.07) is -1.25. The van der Waals surface area contributed by atoms with Crippen LogP contribution >= 0.6 is 0 Å². The molecule has 2 amide bonds. The normalized spacial score (nSPS) is 21.2. The van der Waals surface area contributed by atoms with Gasteiger partial charge in [0.1, 0.15) is 12.1 Å². The first-order chi connectivity index (χ1) is 8.49. The van der Waals surface area contributed by atoms with Gasteiger partial charge in [-0.3, -0.25) is 14.3 Å². The molecule has 7 nitrogen and oxygen atoms in total. The Bertz CT molecular complexity index is 470. The van der Waals surface area contributed by atoms with Crippen molar-refractivity contribution in [3.8, 4) is 0 Å². The van der Waals surface area contributed by atoms with Crippen LogP contribution < -0.4 is 11.1 Å². The molecule has 2 atom stereocenters. The van der Waals surface area contributed by atoms with Gasteiger partial charge < -0.3 is 16.0 Å². The molecule has 1 aliphatic rings. The number of hydrogen-bond donors (Lipinski definition) is 2. The average molecular weight is 251 g/mol. The Balaban J connectivity index is 1.98. The number of carbonyl (C=O) groups is 2. The number of likely N-dealkylation sites (N-methyl/N-ethyl adjacent to an activating group) is 1. The van der Waals surface area contributed by atoms with Gasteiger partial charge in [0.05, 0.1) is 6.20 Å². The number of amides is 2. The third-order valence-electron chi connectivity index (χ3n) is 3.11. The Labute approximate surface area is 105 Å². The largest absolute Gasteiger partial charge is 0.344 e. The molecular weight excluding hydrogens is 234 g/mol. The number of nitrogens with one attached hydrogen (secondary N) is 1. The number of aryl methyl sites for hydroxylation is 1. The van der Waals surface area contributed by atoms with Crippen LogP contribution in [0.3, 0.4) is 0 Å². The predicted molar refractivity (Wildman–Crippen MR) is 64.3 cm³/mol. The Kier molecular flexibility index (Phi) is 3.33. The molecule has 0 aliphatic carbocycles. The summed E-state index contributed by atoms with van der Waals surface area (Å²) >= 11 is 0. The van der Waals surface area contributed by atoms with Crippen LogP contribution in [0.2, 0.25) is 0 Å². The lowest BCUT2D eigenvalue weighted by molar-refractivity contribution is -0.132. The fourth-order valence-electron chi connectivity index (χ4n) is 1.97. The highest BCUT2D eigenvalue weighted by Crippen LogP contribution is 2.12. The van der Waals surface area contributed by atoms with E-state index < -0.39 is 12.1 Å². The summed E-state index contributed by atoms with van der Waals surface area (Å²) in [5.41, 5.74) is 6.45. The topological polar surface area (TPSA) is 93.2 Å². The quantitative estimate of drug-likeness (QED) is 0.703. The highest BCUT2D eigenvalue weighted by atomic mass is 16.2. The molecule has 3 N–H and O–H groups in total. The van der Waals surface area contributed by atoms with E-state index in [9.17, 15) is 9.59 Å². The van der Waals surface area contributed by atoms with Gasteiger partial charge in [0.15, 0.2) is 0 Å². The first kappa shape index (κ1) is 12.6. The molecule has 0 saturated carbocycles. The van der Waals surface area contributed by atoms with Gasteiger partial charge >= 0.3 is 0 Å². The molecule has 0 spiro atoms. The second kappa shape index (κ2) is 4.77. The van der Waals surface area contributed by atoms with Gasteiger partial charge in [-0.25, -0.2) is 0 Å². The van der Waals surface area contributed by atoms with Crippen molar-refractivity contribution in [1.29, 1.82) is 0 Å². The number of nitrogens with zero attached hydrogens (tertiary/aromatic N) is 3. The van der Waals surface area contributed by atoms with Crippen LogP contribution in [0.5, 0.6) is 0 Å². The van der Waals surface area contributed by atoms with Gasteiger partial charge in [-0.2, -0.15) is 5.10 Å². The molecule has 2 heterocycles. The van der Waals surface area contributed by atoms with Gasteiger partial charge in [-0.05, 0) is 6.42 Å². The summed E-state index contributed by atoms with van der Waals surface area (Å²) in [6.45, 7) is 0.659. The highest BCUT2D eigenvalue weighted by Gasteiger charge is 2.31. The third kappa shape index (κ3) is 2.35. The monoisotopic (exact) mass is 251 g/mol. The van der Waals surface area contributed by atoms with Gasteiger partial charge in [0, 0.05) is 32.4 Å². The minimum atomic E-state index is -0.794. The highest BCUT2D eigenvalue weighted by molar-refractivity contribution is 5.91. The van der Waals surface area contributed by atoms with E-state index in [0.29, 0.717) is 18.5 Å². The van der Waals surface area contributed by atoms with Gasteiger partial charge in [0.25, 0.3) is 0 Å². The summed E-state index contributed by atoms with van der Waals surface area (Å²) in [4.78, 5) is 25.2. The minimum absolute atomic E-state index is 0.0678. The minimum Gasteiger partial charge on any atom is -0.344 e. The van der Waals surface area contributed by atoms with Crippen LogP contribution in [0.1, 0.15) is 18.0 Å². The molecule has 98 valence electrons. The van der Waals surface area contributed by atoms with E-state index in [4.69, 9.17) is 5.73 Å². The lowest BCUT2D eigenvalue weighted by Crippen LogP contribution is -2.44. The Morgan fingerprint density at radius 3 is 2.83 bits per heavy atom. The number of rotatable bonds is 3. The van der Waals surface area contributed by atoms with E-state index >= 15 is 0 Å². The van der Waals surface area contributed by atoms with Crippen LogP contribution in [0.4, 0.5) is 0 Å². The van der Waals surface area contributed by atoms with Crippen LogP contribution in [0.15, 0.2) is 12.4 Å². The second-order valence-corrected chi connectivity index (χ2v) is 4.53. The molecule has 1 aromatic rings. The molecule has 1 aromatic heterocycles. The van der Waals surface area contributed by atoms with Gasteiger partial charge in [-0.1, -0.05) is 0 Å². The van der Waals surface area contributed by atoms with Crippen molar-refractivity contribution in [2.24, 2.45) is 12.8 Å². The first-order valence-corrected chi connectivity index (χ1v) is 5.78. The van der Waals surface area contributed by atoms with Gasteiger partial charge in [-0.15, -0.1) is 0 Å². The molecule has 2 unspecified atom stereocenters. The number of hydrogen-bond acceptors (Lipinski definition) is 4. The van der Waals surface area contributed by atoms with E-state index in [1.807, 2.05) is 0 Å². The van der Waals surface area contributed by atoms with Crippen molar-refractivity contribution < 1.29 is 9.59 Å². The summed E-state index contributed by atoms with van der Waals surface area (Å²) in [6.07, 6.45) is 3.86. The number of likely N-dealkylation sites (tertiary alicyclic amines) is 1. The summed E-state index contributed by atoms with van der Waals surface area (Å²) < 4.78 is 1.58. The van der Waals surface area contributed by atoms with Crippen molar-refractivity contribution in [2.75, 3.05) is 13.6 Å². The van der Waals surface area contributed by atoms with Crippen LogP contribution in [0, 0.1) is 0 Å². The standard InChI is InChI=1S/C11H17N5O2/c1-15-4-3-8(11(15)18)14-10(17)9(12)7-5-13-16(2)6-7/h5-6,8-9H,3-4,12H2,1-2H3,(H,14,17). The molecule has 7 heteroatoms. The lowest BCUT2D eigenvalue weighted by Gasteiger charge is -2.15. The zero-order chi connectivity index (χ0) is 13.3. The first-order valence-electron chi connectivity index (χ1n) is 5.78. The molecule has 1 saturated heterocycles. The van der Waals surface area contributed by atoms with E-state index in [1.54, 1.807) is 36.1 Å². The number of carbonyl (C=O) groups excluding carboxylic acids is 2. The fraction of sp³-hybridized carbons (Fsp3) is 0.545. The lowest BCUT2D eigenvalue weighted by atomic mass is 10.1. The smallest absolute Gasteiger partial charge is 0.244 e. The van der Waals surface area contributed by atoms with Crippen LogP contribution in [0.25, 0.3) is 0 Å². The zero-order valence-corrected chi connectivity index (χ0v) is 10.5. The maximum Gasteiger partial charge on any atom is 0.244 e. The van der Waals surface area contributed by atoms with E-state index in [1.165, 1.54) is 0 Å². The van der Waals surface area contributed by atoms with Crippen LogP contribution in [-0.4, -0.2) is 46.1 Å². The zero-order valence-electron chi connectivity index (χ0n) is 10.5. The SMILES string of the molecule is CN1CCC(NC(=O)C(N)c2cnn(C)c2)C1=O. The predicted octanol–water partition coefficient (Wildman–Crippen LogP) is -1.23. The Morgan fingerprint density at radius 1 is 1.61 bits per heavy atom. The third-order valence-corrected chi connectivity index (χ3v) is 3.11. The maximum absolute atomic E-state index is 11.9. The summed E-state index contributed by atoms with van der Waals surface area (Å²) in [7, 11) is 3.47. The summed E-state index contributed by atoms with van der Waals surface area (Å²) in [5.74, 6) is -0.418. The molecular formula is C11H17N5O2. The van der Waals surface area contributed by atoms with E-state index in [0.717, 1.165) is 0 Å².